The summed E-state index contributed by atoms with van der Waals surface area (Å²) in [6.45, 7) is 0. The molecule has 21 heteroatoms. The molecule has 0 radical (unpaired) electrons. The van der Waals surface area contributed by atoms with E-state index in [0.29, 0.717) is 0 Å². The third-order valence-electron chi connectivity index (χ3n) is 6.13. The minimum Gasteiger partial charge on any atom is -0.508 e. The summed E-state index contributed by atoms with van der Waals surface area (Å²) in [4.78, 5) is 21.4. The fourth-order valence-electron chi connectivity index (χ4n) is 4.03. The Labute approximate surface area is 297 Å². The molecule has 0 heterocycles. The van der Waals surface area contributed by atoms with Gasteiger partial charge in [0.2, 0.25) is 0 Å². The van der Waals surface area contributed by atoms with Crippen LogP contribution in [0.1, 0.15) is 31.8 Å². The first-order valence-electron chi connectivity index (χ1n) is 12.7. The molecule has 248 valence electrons. The topological polar surface area (TPSA) is 314 Å². The number of nitrogens with zero attached hydrogens (tertiary/aromatic N) is 4. The normalized spacial score (nSPS) is 12.0. The fourth-order valence-corrected chi connectivity index (χ4v) is 5.44. The van der Waals surface area contributed by atoms with Crippen molar-refractivity contribution in [1.29, 1.82) is 0 Å². The summed E-state index contributed by atoms with van der Waals surface area (Å²) in [5.41, 5.74) is -3.33. The number of azo groups is 2. The summed E-state index contributed by atoms with van der Waals surface area (Å²) >= 11 is 0. The van der Waals surface area contributed by atoms with Gasteiger partial charge >= 0.3 is 41.5 Å². The summed E-state index contributed by atoms with van der Waals surface area (Å²) < 4.78 is 68.3. The van der Waals surface area contributed by atoms with Gasteiger partial charge in [-0.15, -0.1) is 10.2 Å². The number of aromatic hydroxyl groups is 4. The number of carbonyl (C=O) groups is 2. The quantitative estimate of drug-likeness (QED) is 0.0504. The van der Waals surface area contributed by atoms with Crippen molar-refractivity contribution >= 4 is 67.1 Å². The van der Waals surface area contributed by atoms with Crippen LogP contribution in [0.5, 0.6) is 23.0 Å². The van der Waals surface area contributed by atoms with E-state index in [1.165, 1.54) is 12.1 Å². The second-order valence-corrected chi connectivity index (χ2v) is 12.2. The minimum absolute atomic E-state index is 0. The monoisotopic (exact) mass is 723 g/mol. The molecule has 0 aromatic heterocycles. The van der Waals surface area contributed by atoms with Crippen LogP contribution in [0.3, 0.4) is 0 Å². The van der Waals surface area contributed by atoms with Crippen LogP contribution in [0.2, 0.25) is 0 Å². The van der Waals surface area contributed by atoms with Crippen LogP contribution in [0.4, 0.5) is 22.7 Å². The Bertz CT molecular complexity index is 2150. The molecule has 0 aliphatic carbocycles. The maximum Gasteiger partial charge on any atom is 1.00 e. The van der Waals surface area contributed by atoms with Gasteiger partial charge in [-0.1, -0.05) is 24.3 Å². The summed E-state index contributed by atoms with van der Waals surface area (Å²) in [6.07, 6.45) is 2.11. The van der Waals surface area contributed by atoms with Crippen LogP contribution in [0.15, 0.2) is 90.9 Å². The smallest absolute Gasteiger partial charge is 0.508 e. The van der Waals surface area contributed by atoms with E-state index in [9.17, 15) is 66.2 Å². The van der Waals surface area contributed by atoms with Gasteiger partial charge in [-0.3, -0.25) is 9.11 Å². The van der Waals surface area contributed by atoms with Gasteiger partial charge in [0.15, 0.2) is 0 Å². The number of benzene rings is 4. The van der Waals surface area contributed by atoms with E-state index >= 15 is 0 Å². The molecule has 8 N–H and O–H groups in total. The third-order valence-corrected chi connectivity index (χ3v) is 7.95. The van der Waals surface area contributed by atoms with Crippen LogP contribution in [0, 0.1) is 0 Å². The first-order chi connectivity index (χ1) is 22.3. The molecule has 0 aliphatic rings. The van der Waals surface area contributed by atoms with Crippen molar-refractivity contribution in [2.24, 2.45) is 20.5 Å². The van der Waals surface area contributed by atoms with Crippen molar-refractivity contribution in [2.75, 3.05) is 0 Å². The SMILES string of the molecule is O=C(O)c1cc(O)cc(O)c1N=Nc1ccc(/C=C/c2ccc(N=Nc3c(O)cc(O)cc3C(=O)O)cc2S(=O)(=O)O)c(S(=O)(=O)O)c1.[Na+]. The Morgan fingerprint density at radius 3 is 1.20 bits per heavy atom. The van der Waals surface area contributed by atoms with Crippen molar-refractivity contribution < 1.29 is 95.7 Å². The molecular weight excluding hydrogens is 703 g/mol. The molecule has 4 aromatic rings. The molecular formula is C28H20N4NaO14S2+. The summed E-state index contributed by atoms with van der Waals surface area (Å²) in [5.74, 6) is -5.80. The van der Waals surface area contributed by atoms with Crippen LogP contribution < -0.4 is 29.6 Å². The molecule has 0 unspecified atom stereocenters. The van der Waals surface area contributed by atoms with E-state index in [1.54, 1.807) is 0 Å². The second kappa shape index (κ2) is 14.9. The Morgan fingerprint density at radius 2 is 0.898 bits per heavy atom. The molecule has 0 aliphatic heterocycles. The van der Waals surface area contributed by atoms with Crippen molar-refractivity contribution in [2.45, 2.75) is 9.79 Å². The van der Waals surface area contributed by atoms with Gasteiger partial charge in [0, 0.05) is 12.1 Å². The first-order valence-corrected chi connectivity index (χ1v) is 15.6. The summed E-state index contributed by atoms with van der Waals surface area (Å²) in [7, 11) is -9.95. The summed E-state index contributed by atoms with van der Waals surface area (Å²) in [6, 6.07) is 9.40. The molecule has 0 fully saturated rings. The standard InChI is InChI=1S/C28H20N4O14S2.Na/c33-17-9-19(27(37)38)25(21(35)11-17)31-29-15-5-3-13(23(7-15)47(41,42)43)1-2-14-4-6-16(8-24(14)48(44,45)46)30-32-26-20(28(39)40)10-18(34)12-22(26)36;/h1-12,33-36H,(H,37,38)(H,39,40)(H,41,42,43)(H,44,45,46);/q;+1/b2-1+,31-29?,32-30?;. The number of hydrogen-bond donors (Lipinski definition) is 8. The number of carboxylic acid groups (broad SMARTS) is 2. The number of phenolic OH excluding ortho intramolecular Hbond substituents is 4. The van der Waals surface area contributed by atoms with Gasteiger partial charge in [0.1, 0.15) is 44.2 Å². The zero-order valence-electron chi connectivity index (χ0n) is 24.6. The van der Waals surface area contributed by atoms with Crippen LogP contribution >= 0.6 is 0 Å². The molecule has 0 atom stereocenters. The van der Waals surface area contributed by atoms with E-state index in [0.717, 1.165) is 60.7 Å². The van der Waals surface area contributed by atoms with Crippen molar-refractivity contribution in [3.05, 3.63) is 82.9 Å². The Balaban J connectivity index is 0.00000650. The molecule has 0 bridgehead atoms. The van der Waals surface area contributed by atoms with Gasteiger partial charge in [0.25, 0.3) is 20.2 Å². The van der Waals surface area contributed by atoms with E-state index in [2.05, 4.69) is 20.5 Å². The fraction of sp³-hybridized carbons (Fsp3) is 0. The molecule has 4 rings (SSSR count). The molecule has 0 saturated carbocycles. The molecule has 49 heavy (non-hydrogen) atoms. The van der Waals surface area contributed by atoms with E-state index < -0.39 is 87.5 Å². The minimum atomic E-state index is -4.98. The van der Waals surface area contributed by atoms with Crippen molar-refractivity contribution in [3.8, 4) is 23.0 Å². The Morgan fingerprint density at radius 1 is 0.551 bits per heavy atom. The number of rotatable bonds is 10. The van der Waals surface area contributed by atoms with Crippen LogP contribution in [0.25, 0.3) is 12.2 Å². The van der Waals surface area contributed by atoms with E-state index in [-0.39, 0.29) is 52.1 Å². The Hall–Kier alpha value is -5.22. The summed E-state index contributed by atoms with van der Waals surface area (Å²) in [5, 5.41) is 72.3. The molecule has 4 aromatic carbocycles. The molecule has 0 amide bonds. The van der Waals surface area contributed by atoms with Crippen LogP contribution in [-0.4, -0.2) is 68.5 Å². The largest absolute Gasteiger partial charge is 1.00 e. The predicted octanol–water partition coefficient (Wildman–Crippen LogP) is 2.40. The van der Waals surface area contributed by atoms with E-state index in [4.69, 9.17) is 0 Å². The van der Waals surface area contributed by atoms with Crippen LogP contribution in [-0.2, 0) is 20.2 Å². The predicted molar refractivity (Wildman–Crippen MR) is 163 cm³/mol. The van der Waals surface area contributed by atoms with Gasteiger partial charge in [0.05, 0.1) is 22.5 Å². The third kappa shape index (κ3) is 9.23. The maximum absolute atomic E-state index is 12.2. The average Bonchev–Trinajstić information content (AvgIpc) is 2.97. The van der Waals surface area contributed by atoms with Gasteiger partial charge in [-0.05, 0) is 47.5 Å². The molecule has 18 nitrogen and oxygen atoms in total. The van der Waals surface area contributed by atoms with Crippen molar-refractivity contribution in [1.82, 2.24) is 0 Å². The van der Waals surface area contributed by atoms with Crippen molar-refractivity contribution in [3.63, 3.8) is 0 Å². The Kier molecular flexibility index (Phi) is 11.6. The van der Waals surface area contributed by atoms with Gasteiger partial charge in [-0.25, -0.2) is 9.59 Å². The zero-order valence-corrected chi connectivity index (χ0v) is 28.2. The molecule has 0 spiro atoms. The number of aromatic carboxylic acids is 2. The first kappa shape index (κ1) is 38.2. The molecule has 0 saturated heterocycles. The van der Waals surface area contributed by atoms with E-state index in [1.807, 2.05) is 0 Å². The van der Waals surface area contributed by atoms with Gasteiger partial charge in [-0.2, -0.15) is 27.1 Å². The number of hydrogen-bond acceptors (Lipinski definition) is 14. The average molecular weight is 724 g/mol. The number of phenols is 4. The second-order valence-electron chi connectivity index (χ2n) is 9.46. The maximum atomic E-state index is 12.2. The number of carboxylic acids is 2. The zero-order chi connectivity index (χ0) is 35.6. The van der Waals surface area contributed by atoms with Gasteiger partial charge < -0.3 is 30.6 Å².